The van der Waals surface area contributed by atoms with Gasteiger partial charge in [0.1, 0.15) is 0 Å². The predicted octanol–water partition coefficient (Wildman–Crippen LogP) is 6.45. The van der Waals surface area contributed by atoms with Gasteiger partial charge in [0.05, 0.1) is 0 Å². The number of rotatable bonds is 4. The van der Waals surface area contributed by atoms with Crippen LogP contribution in [0.25, 0.3) is 0 Å². The second kappa shape index (κ2) is 5.73. The smallest absolute Gasteiger partial charge is 0.0239 e. The van der Waals surface area contributed by atoms with E-state index in [1.807, 2.05) is 0 Å². The molecule has 22 heavy (non-hydrogen) atoms. The zero-order chi connectivity index (χ0) is 17.6. The number of hydrogen-bond acceptors (Lipinski definition) is 0. The molecule has 0 fully saturated rings. The normalized spacial score (nSPS) is 18.9. The second-order valence-electron chi connectivity index (χ2n) is 9.53. The molecule has 1 aromatic rings. The number of aromatic nitrogens is 1. The van der Waals surface area contributed by atoms with Crippen LogP contribution >= 0.6 is 0 Å². The summed E-state index contributed by atoms with van der Waals surface area (Å²) in [5.41, 5.74) is 3.81. The van der Waals surface area contributed by atoms with Gasteiger partial charge >= 0.3 is 0 Å². The van der Waals surface area contributed by atoms with Crippen LogP contribution in [-0.2, 0) is 17.9 Å². The van der Waals surface area contributed by atoms with Crippen LogP contribution < -0.4 is 0 Å². The minimum atomic E-state index is 0.187. The first-order chi connectivity index (χ1) is 9.76. The fraction of sp³-hybridized carbons (Fsp3) is 0.810. The summed E-state index contributed by atoms with van der Waals surface area (Å²) < 4.78 is 2.49. The minimum Gasteiger partial charge on any atom is -0.350 e. The summed E-state index contributed by atoms with van der Waals surface area (Å²) in [6.07, 6.45) is 2.32. The highest BCUT2D eigenvalue weighted by Gasteiger charge is 2.43. The average molecular weight is 306 g/mol. The van der Waals surface area contributed by atoms with E-state index < -0.39 is 0 Å². The second-order valence-corrected chi connectivity index (χ2v) is 9.53. The highest BCUT2D eigenvalue weighted by atomic mass is 15.0. The third kappa shape index (κ3) is 2.76. The Hall–Kier alpha value is -0.720. The maximum Gasteiger partial charge on any atom is 0.0239 e. The van der Waals surface area contributed by atoms with Crippen LogP contribution in [0, 0.1) is 10.8 Å². The fourth-order valence-corrected chi connectivity index (χ4v) is 3.81. The molecule has 0 amide bonds. The SMILES string of the molecule is CCC(C)(c1ccc(C(C)(CC)C(C)(C)C)n1C)C(C)(C)C. The molecule has 0 aliphatic rings. The summed E-state index contributed by atoms with van der Waals surface area (Å²) in [5.74, 6) is 0. The van der Waals surface area contributed by atoms with Crippen LogP contribution in [0.1, 0.15) is 93.5 Å². The van der Waals surface area contributed by atoms with E-state index in [1.165, 1.54) is 11.4 Å². The molecule has 0 saturated carbocycles. The van der Waals surface area contributed by atoms with Crippen molar-refractivity contribution in [1.29, 1.82) is 0 Å². The largest absolute Gasteiger partial charge is 0.350 e. The molecule has 1 aromatic heterocycles. The first-order valence-electron chi connectivity index (χ1n) is 8.93. The molecule has 1 rings (SSSR count). The summed E-state index contributed by atoms with van der Waals surface area (Å²) in [7, 11) is 2.27. The molecule has 2 atom stereocenters. The Kier molecular flexibility index (Phi) is 5.03. The van der Waals surface area contributed by atoms with Crippen LogP contribution in [-0.4, -0.2) is 4.57 Å². The van der Waals surface area contributed by atoms with Crippen molar-refractivity contribution >= 4 is 0 Å². The van der Waals surface area contributed by atoms with Crippen LogP contribution in [0.15, 0.2) is 12.1 Å². The van der Waals surface area contributed by atoms with Gasteiger partial charge in [0, 0.05) is 29.3 Å². The molecule has 1 heteroatoms. The van der Waals surface area contributed by atoms with Gasteiger partial charge in [-0.15, -0.1) is 0 Å². The van der Waals surface area contributed by atoms with Gasteiger partial charge in [-0.1, -0.05) is 69.2 Å². The molecule has 0 spiro atoms. The zero-order valence-corrected chi connectivity index (χ0v) is 17.0. The van der Waals surface area contributed by atoms with Gasteiger partial charge in [-0.3, -0.25) is 0 Å². The molecule has 0 aromatic carbocycles. The summed E-state index contributed by atoms with van der Waals surface area (Å²) in [4.78, 5) is 0. The van der Waals surface area contributed by atoms with Crippen molar-refractivity contribution < 1.29 is 0 Å². The van der Waals surface area contributed by atoms with Crippen LogP contribution in [0.2, 0.25) is 0 Å². The lowest BCUT2D eigenvalue weighted by molar-refractivity contribution is 0.171. The van der Waals surface area contributed by atoms with Crippen molar-refractivity contribution in [3.63, 3.8) is 0 Å². The lowest BCUT2D eigenvalue weighted by Crippen LogP contribution is -2.41. The van der Waals surface area contributed by atoms with E-state index in [4.69, 9.17) is 0 Å². The molecule has 1 nitrogen and oxygen atoms in total. The van der Waals surface area contributed by atoms with Crippen molar-refractivity contribution in [2.75, 3.05) is 0 Å². The van der Waals surface area contributed by atoms with E-state index in [-0.39, 0.29) is 21.7 Å². The van der Waals surface area contributed by atoms with Gasteiger partial charge in [0.2, 0.25) is 0 Å². The van der Waals surface area contributed by atoms with E-state index in [9.17, 15) is 0 Å². The molecule has 0 aliphatic carbocycles. The monoisotopic (exact) mass is 305 g/mol. The molecule has 2 unspecified atom stereocenters. The third-order valence-corrected chi connectivity index (χ3v) is 6.98. The van der Waals surface area contributed by atoms with Crippen molar-refractivity contribution in [3.8, 4) is 0 Å². The van der Waals surface area contributed by atoms with E-state index in [0.29, 0.717) is 0 Å². The summed E-state index contributed by atoms with van der Waals surface area (Å²) >= 11 is 0. The van der Waals surface area contributed by atoms with Gasteiger partial charge < -0.3 is 4.57 Å². The quantitative estimate of drug-likeness (QED) is 0.602. The lowest BCUT2D eigenvalue weighted by Gasteiger charge is -2.45. The Labute approximate surface area is 139 Å². The van der Waals surface area contributed by atoms with Gasteiger partial charge in [0.25, 0.3) is 0 Å². The minimum absolute atomic E-state index is 0.187. The highest BCUT2D eigenvalue weighted by Crippen LogP contribution is 2.48. The van der Waals surface area contributed by atoms with Crippen LogP contribution in [0.3, 0.4) is 0 Å². The molecule has 128 valence electrons. The molecule has 0 saturated heterocycles. The predicted molar refractivity (Wildman–Crippen MR) is 99.6 cm³/mol. The molecular formula is C21H39N. The third-order valence-electron chi connectivity index (χ3n) is 6.98. The molecule has 0 bridgehead atoms. The molecule has 0 radical (unpaired) electrons. The Morgan fingerprint density at radius 2 is 0.955 bits per heavy atom. The fourth-order valence-electron chi connectivity index (χ4n) is 3.81. The van der Waals surface area contributed by atoms with E-state index in [1.54, 1.807) is 0 Å². The van der Waals surface area contributed by atoms with Crippen molar-refractivity contribution in [2.45, 2.75) is 92.9 Å². The Morgan fingerprint density at radius 3 is 1.14 bits per heavy atom. The van der Waals surface area contributed by atoms with Gasteiger partial charge in [-0.25, -0.2) is 0 Å². The highest BCUT2D eigenvalue weighted by molar-refractivity contribution is 5.31. The van der Waals surface area contributed by atoms with Crippen molar-refractivity contribution in [2.24, 2.45) is 17.9 Å². The van der Waals surface area contributed by atoms with Gasteiger partial charge in [0.15, 0.2) is 0 Å². The van der Waals surface area contributed by atoms with Gasteiger partial charge in [-0.05, 0) is 35.8 Å². The average Bonchev–Trinajstić information content (AvgIpc) is 2.76. The molecule has 1 heterocycles. The van der Waals surface area contributed by atoms with Gasteiger partial charge in [-0.2, -0.15) is 0 Å². The topological polar surface area (TPSA) is 4.93 Å². The Bertz CT molecular complexity index is 463. The number of nitrogens with zero attached hydrogens (tertiary/aromatic N) is 1. The summed E-state index contributed by atoms with van der Waals surface area (Å²) in [5, 5.41) is 0. The Morgan fingerprint density at radius 1 is 0.682 bits per heavy atom. The van der Waals surface area contributed by atoms with E-state index >= 15 is 0 Å². The van der Waals surface area contributed by atoms with E-state index in [2.05, 4.69) is 93.0 Å². The first-order valence-corrected chi connectivity index (χ1v) is 8.93. The summed E-state index contributed by atoms with van der Waals surface area (Å²) in [6, 6.07) is 4.76. The zero-order valence-electron chi connectivity index (χ0n) is 17.0. The van der Waals surface area contributed by atoms with E-state index in [0.717, 1.165) is 12.8 Å². The molecular weight excluding hydrogens is 266 g/mol. The van der Waals surface area contributed by atoms with Crippen LogP contribution in [0.4, 0.5) is 0 Å². The number of hydrogen-bond donors (Lipinski definition) is 0. The van der Waals surface area contributed by atoms with Crippen molar-refractivity contribution in [3.05, 3.63) is 23.5 Å². The summed E-state index contributed by atoms with van der Waals surface area (Å²) in [6.45, 7) is 23.7. The van der Waals surface area contributed by atoms with Crippen LogP contribution in [0.5, 0.6) is 0 Å². The first kappa shape index (κ1) is 19.3. The maximum absolute atomic E-state index is 2.49. The van der Waals surface area contributed by atoms with Crippen molar-refractivity contribution in [1.82, 2.24) is 4.57 Å². The lowest BCUT2D eigenvalue weighted by atomic mass is 9.64. The maximum atomic E-state index is 2.49. The molecule has 0 N–H and O–H groups in total. The Balaban J connectivity index is 3.54. The molecule has 0 aliphatic heterocycles. The standard InChI is InChI=1S/C21H39N/c1-12-20(9,18(3,4)5)16-14-15-17(22(16)11)21(10,13-2)19(6,7)8/h14-15H,12-13H2,1-11H3.